The number of fused-ring (bicyclic) bond motifs is 3. The van der Waals surface area contributed by atoms with E-state index in [1.54, 1.807) is 0 Å². The molecule has 0 N–H and O–H groups in total. The Hall–Kier alpha value is -3.07. The molecular weight excluding hydrogens is 348 g/mol. The van der Waals surface area contributed by atoms with Crippen molar-refractivity contribution in [2.24, 2.45) is 0 Å². The van der Waals surface area contributed by atoms with Crippen molar-refractivity contribution >= 4 is 5.97 Å². The van der Waals surface area contributed by atoms with Crippen molar-refractivity contribution in [2.45, 2.75) is 32.8 Å². The monoisotopic (exact) mass is 372 g/mol. The number of hydrogen-bond acceptors (Lipinski definition) is 3. The average Bonchev–Trinajstić information content (AvgIpc) is 3.04. The van der Waals surface area contributed by atoms with Gasteiger partial charge in [-0.2, -0.15) is 0 Å². The van der Waals surface area contributed by atoms with Gasteiger partial charge < -0.3 is 9.47 Å². The van der Waals surface area contributed by atoms with Crippen molar-refractivity contribution in [1.82, 2.24) is 0 Å². The van der Waals surface area contributed by atoms with Crippen molar-refractivity contribution in [3.63, 3.8) is 0 Å². The topological polar surface area (TPSA) is 35.5 Å². The number of rotatable bonds is 4. The largest absolute Gasteiger partial charge is 0.482 e. The maximum atomic E-state index is 11.8. The van der Waals surface area contributed by atoms with Crippen molar-refractivity contribution in [1.29, 1.82) is 0 Å². The zero-order chi connectivity index (χ0) is 19.7. The van der Waals surface area contributed by atoms with Crippen LogP contribution in [0.25, 0.3) is 22.3 Å². The quantitative estimate of drug-likeness (QED) is 0.435. The summed E-state index contributed by atoms with van der Waals surface area (Å²) < 4.78 is 10.8. The molecule has 3 heteroatoms. The Morgan fingerprint density at radius 1 is 0.857 bits per heavy atom. The predicted octanol–water partition coefficient (Wildman–Crippen LogP) is 5.65. The Labute approximate surface area is 165 Å². The molecule has 0 atom stereocenters. The van der Waals surface area contributed by atoms with E-state index < -0.39 is 5.60 Å². The molecule has 3 nitrogen and oxygen atoms in total. The molecule has 0 saturated heterocycles. The van der Waals surface area contributed by atoms with E-state index in [0.717, 1.165) is 12.0 Å². The molecule has 0 fully saturated rings. The van der Waals surface area contributed by atoms with Gasteiger partial charge in [0.15, 0.2) is 6.61 Å². The lowest BCUT2D eigenvalue weighted by atomic mass is 9.96. The first-order valence-corrected chi connectivity index (χ1v) is 9.56. The van der Waals surface area contributed by atoms with Gasteiger partial charge in [-0.05, 0) is 72.7 Å². The van der Waals surface area contributed by atoms with Gasteiger partial charge in [0.1, 0.15) is 11.4 Å². The number of carbonyl (C=O) groups excluding carboxylic acids is 1. The minimum Gasteiger partial charge on any atom is -0.482 e. The SMILES string of the molecule is CC(C)(C)OC(=O)COc1ccc(-c2cccc3c2Cc2ccccc2-3)cc1. The van der Waals surface area contributed by atoms with Gasteiger partial charge in [0.05, 0.1) is 0 Å². The van der Waals surface area contributed by atoms with Crippen LogP contribution in [0.5, 0.6) is 5.75 Å². The lowest BCUT2D eigenvalue weighted by molar-refractivity contribution is -0.157. The van der Waals surface area contributed by atoms with Crippen molar-refractivity contribution < 1.29 is 14.3 Å². The Balaban J connectivity index is 1.51. The molecule has 28 heavy (non-hydrogen) atoms. The molecule has 0 amide bonds. The van der Waals surface area contributed by atoms with Gasteiger partial charge in [0, 0.05) is 0 Å². The molecule has 1 aliphatic rings. The van der Waals surface area contributed by atoms with E-state index in [2.05, 4.69) is 42.5 Å². The third kappa shape index (κ3) is 3.79. The van der Waals surface area contributed by atoms with Crippen LogP contribution in [0.3, 0.4) is 0 Å². The van der Waals surface area contributed by atoms with E-state index in [0.29, 0.717) is 5.75 Å². The van der Waals surface area contributed by atoms with E-state index in [1.807, 2.05) is 45.0 Å². The van der Waals surface area contributed by atoms with Crippen LogP contribution in [-0.4, -0.2) is 18.2 Å². The summed E-state index contributed by atoms with van der Waals surface area (Å²) in [5, 5.41) is 0. The zero-order valence-electron chi connectivity index (χ0n) is 16.5. The summed E-state index contributed by atoms with van der Waals surface area (Å²) in [6, 6.07) is 23.0. The molecule has 0 radical (unpaired) electrons. The second-order valence-corrected chi connectivity index (χ2v) is 8.07. The lowest BCUT2D eigenvalue weighted by Crippen LogP contribution is -2.27. The van der Waals surface area contributed by atoms with Crippen LogP contribution in [-0.2, 0) is 16.0 Å². The van der Waals surface area contributed by atoms with Gasteiger partial charge in [0.2, 0.25) is 0 Å². The molecule has 0 saturated carbocycles. The molecule has 3 aromatic rings. The number of benzene rings is 3. The Bertz CT molecular complexity index is 1010. The first-order chi connectivity index (χ1) is 13.4. The van der Waals surface area contributed by atoms with Crippen molar-refractivity contribution in [3.05, 3.63) is 77.9 Å². The minimum absolute atomic E-state index is 0.0906. The molecule has 0 unspecified atom stereocenters. The summed E-state index contributed by atoms with van der Waals surface area (Å²) in [4.78, 5) is 11.8. The number of hydrogen-bond donors (Lipinski definition) is 0. The smallest absolute Gasteiger partial charge is 0.344 e. The van der Waals surface area contributed by atoms with E-state index in [-0.39, 0.29) is 12.6 Å². The fourth-order valence-electron chi connectivity index (χ4n) is 3.67. The fourth-order valence-corrected chi connectivity index (χ4v) is 3.67. The summed E-state index contributed by atoms with van der Waals surface area (Å²) in [7, 11) is 0. The highest BCUT2D eigenvalue weighted by Crippen LogP contribution is 2.41. The molecule has 3 aromatic carbocycles. The molecule has 0 heterocycles. The van der Waals surface area contributed by atoms with E-state index in [9.17, 15) is 4.79 Å². The predicted molar refractivity (Wildman–Crippen MR) is 111 cm³/mol. The van der Waals surface area contributed by atoms with Crippen LogP contribution in [0.4, 0.5) is 0 Å². The Morgan fingerprint density at radius 2 is 1.54 bits per heavy atom. The average molecular weight is 372 g/mol. The highest BCUT2D eigenvalue weighted by Gasteiger charge is 2.21. The first kappa shape index (κ1) is 18.3. The fraction of sp³-hybridized carbons (Fsp3) is 0.240. The van der Waals surface area contributed by atoms with Crippen molar-refractivity contribution in [2.75, 3.05) is 6.61 Å². The summed E-state index contributed by atoms with van der Waals surface area (Å²) in [6.45, 7) is 5.44. The van der Waals surface area contributed by atoms with Crippen LogP contribution in [0.1, 0.15) is 31.9 Å². The molecule has 142 valence electrons. The van der Waals surface area contributed by atoms with E-state index in [1.165, 1.54) is 27.8 Å². The Kier molecular flexibility index (Phi) is 4.68. The number of esters is 1. The third-order valence-corrected chi connectivity index (χ3v) is 4.79. The molecule has 1 aliphatic carbocycles. The highest BCUT2D eigenvalue weighted by atomic mass is 16.6. The van der Waals surface area contributed by atoms with Crippen LogP contribution in [0.2, 0.25) is 0 Å². The number of carbonyl (C=O) groups is 1. The van der Waals surface area contributed by atoms with Gasteiger partial charge >= 0.3 is 5.97 Å². The Morgan fingerprint density at radius 3 is 2.29 bits per heavy atom. The summed E-state index contributed by atoms with van der Waals surface area (Å²) in [5.41, 5.74) is 7.28. The van der Waals surface area contributed by atoms with Gasteiger partial charge in [0.25, 0.3) is 0 Å². The summed E-state index contributed by atoms with van der Waals surface area (Å²) in [5.74, 6) is 0.292. The van der Waals surface area contributed by atoms with Crippen LogP contribution < -0.4 is 4.74 Å². The molecule has 4 rings (SSSR count). The van der Waals surface area contributed by atoms with Gasteiger partial charge in [-0.3, -0.25) is 0 Å². The highest BCUT2D eigenvalue weighted by molar-refractivity contribution is 5.84. The normalized spacial score (nSPS) is 12.2. The minimum atomic E-state index is -0.504. The first-order valence-electron chi connectivity index (χ1n) is 9.56. The zero-order valence-corrected chi connectivity index (χ0v) is 16.5. The molecule has 0 spiro atoms. The van der Waals surface area contributed by atoms with Gasteiger partial charge in [-0.25, -0.2) is 4.79 Å². The second kappa shape index (κ2) is 7.16. The van der Waals surface area contributed by atoms with E-state index >= 15 is 0 Å². The second-order valence-electron chi connectivity index (χ2n) is 8.07. The summed E-state index contributed by atoms with van der Waals surface area (Å²) >= 11 is 0. The number of ether oxygens (including phenoxy) is 2. The standard InChI is InChI=1S/C25H24O3/c1-25(2,3)28-24(26)16-27-19-13-11-17(12-14-19)20-9-6-10-22-21-8-5-4-7-18(21)15-23(20)22/h4-14H,15-16H2,1-3H3. The maximum absolute atomic E-state index is 11.8. The lowest BCUT2D eigenvalue weighted by Gasteiger charge is -2.19. The van der Waals surface area contributed by atoms with Gasteiger partial charge in [-0.1, -0.05) is 54.6 Å². The summed E-state index contributed by atoms with van der Waals surface area (Å²) in [6.07, 6.45) is 0.957. The molecule has 0 aliphatic heterocycles. The molecular formula is C25H24O3. The maximum Gasteiger partial charge on any atom is 0.344 e. The molecule has 0 aromatic heterocycles. The van der Waals surface area contributed by atoms with Crippen molar-refractivity contribution in [3.8, 4) is 28.0 Å². The third-order valence-electron chi connectivity index (χ3n) is 4.79. The van der Waals surface area contributed by atoms with Crippen LogP contribution in [0.15, 0.2) is 66.7 Å². The van der Waals surface area contributed by atoms with Crippen LogP contribution >= 0.6 is 0 Å². The van der Waals surface area contributed by atoms with Gasteiger partial charge in [-0.15, -0.1) is 0 Å². The van der Waals surface area contributed by atoms with Crippen LogP contribution in [0, 0.1) is 0 Å². The van der Waals surface area contributed by atoms with E-state index in [4.69, 9.17) is 9.47 Å². The molecule has 0 bridgehead atoms.